The van der Waals surface area contributed by atoms with E-state index in [0.717, 1.165) is 13.1 Å². The molecule has 1 aliphatic heterocycles. The van der Waals surface area contributed by atoms with Crippen LogP contribution in [0, 0.1) is 11.8 Å². The van der Waals surface area contributed by atoms with Crippen molar-refractivity contribution in [2.75, 3.05) is 24.1 Å². The summed E-state index contributed by atoms with van der Waals surface area (Å²) in [6.45, 7) is 8.49. The lowest BCUT2D eigenvalue weighted by Gasteiger charge is -2.24. The fraction of sp³-hybridized carbons (Fsp3) is 0.562. The lowest BCUT2D eigenvalue weighted by molar-refractivity contribution is -0.120. The van der Waals surface area contributed by atoms with Gasteiger partial charge in [0.25, 0.3) is 0 Å². The van der Waals surface area contributed by atoms with Crippen LogP contribution in [0.2, 0.25) is 0 Å². The van der Waals surface area contributed by atoms with Crippen molar-refractivity contribution in [2.24, 2.45) is 11.8 Å². The number of carbonyl (C=O) groups is 1. The van der Waals surface area contributed by atoms with E-state index >= 15 is 0 Å². The molecule has 0 spiro atoms. The molecule has 1 aromatic carbocycles. The van der Waals surface area contributed by atoms with Gasteiger partial charge in [-0.05, 0) is 43.9 Å². The van der Waals surface area contributed by atoms with Crippen LogP contribution in [0.4, 0.5) is 11.4 Å². The minimum atomic E-state index is -0.113. The van der Waals surface area contributed by atoms with Crippen molar-refractivity contribution in [1.82, 2.24) is 4.90 Å². The molecule has 2 rings (SSSR count). The number of hydrogen-bond donors (Lipinski definition) is 2. The van der Waals surface area contributed by atoms with Gasteiger partial charge in [-0.15, -0.1) is 0 Å². The number of nitrogen functional groups attached to an aromatic ring is 1. The zero-order valence-corrected chi connectivity index (χ0v) is 12.6. The number of benzene rings is 1. The van der Waals surface area contributed by atoms with Crippen molar-refractivity contribution in [3.05, 3.63) is 24.3 Å². The normalized spacial score (nSPS) is 21.1. The minimum absolute atomic E-state index is 0.0207. The van der Waals surface area contributed by atoms with Crippen LogP contribution in [0.1, 0.15) is 27.2 Å². The van der Waals surface area contributed by atoms with E-state index in [2.05, 4.69) is 24.1 Å². The molecule has 0 saturated carbocycles. The highest BCUT2D eigenvalue weighted by Crippen LogP contribution is 2.25. The first-order valence-electron chi connectivity index (χ1n) is 7.38. The molecule has 4 nitrogen and oxygen atoms in total. The van der Waals surface area contributed by atoms with Crippen molar-refractivity contribution in [1.29, 1.82) is 0 Å². The largest absolute Gasteiger partial charge is 0.397 e. The number of nitrogens with one attached hydrogen (secondary N) is 1. The molecule has 3 N–H and O–H groups in total. The van der Waals surface area contributed by atoms with Gasteiger partial charge in [-0.1, -0.05) is 26.0 Å². The first kappa shape index (κ1) is 14.9. The summed E-state index contributed by atoms with van der Waals surface area (Å²) in [5.41, 5.74) is 7.16. The summed E-state index contributed by atoms with van der Waals surface area (Å²) in [5.74, 6) is 1.40. The highest BCUT2D eigenvalue weighted by molar-refractivity contribution is 5.97. The molecule has 1 saturated heterocycles. The maximum atomic E-state index is 12.3. The Labute approximate surface area is 121 Å². The van der Waals surface area contributed by atoms with Crippen LogP contribution in [-0.2, 0) is 4.79 Å². The number of nitrogens with zero attached hydrogens (tertiary/aromatic N) is 1. The zero-order valence-electron chi connectivity index (χ0n) is 12.6. The topological polar surface area (TPSA) is 58.4 Å². The van der Waals surface area contributed by atoms with Gasteiger partial charge in [-0.3, -0.25) is 9.69 Å². The molecular weight excluding hydrogens is 250 g/mol. The van der Waals surface area contributed by atoms with Gasteiger partial charge in [0.05, 0.1) is 17.4 Å². The third-order valence-corrected chi connectivity index (χ3v) is 4.34. The molecule has 110 valence electrons. The van der Waals surface area contributed by atoms with E-state index in [4.69, 9.17) is 5.73 Å². The third-order valence-electron chi connectivity index (χ3n) is 4.34. The zero-order chi connectivity index (χ0) is 14.7. The predicted molar refractivity (Wildman–Crippen MR) is 83.5 cm³/mol. The first-order valence-corrected chi connectivity index (χ1v) is 7.38. The van der Waals surface area contributed by atoms with Crippen LogP contribution in [-0.4, -0.2) is 29.9 Å². The smallest absolute Gasteiger partial charge is 0.241 e. The molecule has 0 aromatic heterocycles. The standard InChI is InChI=1S/C16H25N3O/c1-11(2)13-8-9-19(10-13)12(3)16(20)18-15-7-5-4-6-14(15)17/h4-7,11-13H,8-10,17H2,1-3H3,(H,18,20). The Hall–Kier alpha value is -1.55. The number of amides is 1. The molecule has 20 heavy (non-hydrogen) atoms. The Morgan fingerprint density at radius 3 is 2.65 bits per heavy atom. The molecule has 0 aliphatic carbocycles. The minimum Gasteiger partial charge on any atom is -0.397 e. The monoisotopic (exact) mass is 275 g/mol. The Morgan fingerprint density at radius 1 is 1.35 bits per heavy atom. The van der Waals surface area contributed by atoms with Gasteiger partial charge >= 0.3 is 0 Å². The van der Waals surface area contributed by atoms with Crippen LogP contribution in [0.3, 0.4) is 0 Å². The number of para-hydroxylation sites is 2. The van der Waals surface area contributed by atoms with Gasteiger partial charge in [-0.25, -0.2) is 0 Å². The van der Waals surface area contributed by atoms with Crippen LogP contribution < -0.4 is 11.1 Å². The summed E-state index contributed by atoms with van der Waals surface area (Å²) in [6, 6.07) is 7.26. The van der Waals surface area contributed by atoms with Crippen molar-refractivity contribution < 1.29 is 4.79 Å². The Morgan fingerprint density at radius 2 is 2.05 bits per heavy atom. The molecule has 1 fully saturated rings. The van der Waals surface area contributed by atoms with E-state index in [1.807, 2.05) is 25.1 Å². The Kier molecular flexibility index (Phi) is 4.65. The number of hydrogen-bond acceptors (Lipinski definition) is 3. The number of carbonyl (C=O) groups excluding carboxylic acids is 1. The molecule has 1 aromatic rings. The Bertz CT molecular complexity index is 473. The lowest BCUT2D eigenvalue weighted by Crippen LogP contribution is -2.41. The van der Waals surface area contributed by atoms with Crippen LogP contribution in [0.25, 0.3) is 0 Å². The van der Waals surface area contributed by atoms with Crippen molar-refractivity contribution >= 4 is 17.3 Å². The van der Waals surface area contributed by atoms with E-state index in [-0.39, 0.29) is 11.9 Å². The van der Waals surface area contributed by atoms with E-state index in [9.17, 15) is 4.79 Å². The van der Waals surface area contributed by atoms with E-state index in [1.54, 1.807) is 6.07 Å². The third kappa shape index (κ3) is 3.31. The molecule has 2 atom stereocenters. The average molecular weight is 275 g/mol. The second-order valence-electron chi connectivity index (χ2n) is 6.04. The van der Waals surface area contributed by atoms with Gasteiger partial charge in [0, 0.05) is 6.54 Å². The van der Waals surface area contributed by atoms with Gasteiger partial charge in [-0.2, -0.15) is 0 Å². The SMILES string of the molecule is CC(C)C1CCN(C(C)C(=O)Nc2ccccc2N)C1. The Balaban J connectivity index is 1.95. The summed E-state index contributed by atoms with van der Waals surface area (Å²) in [4.78, 5) is 14.6. The second kappa shape index (κ2) is 6.27. The van der Waals surface area contributed by atoms with Crippen LogP contribution in [0.5, 0.6) is 0 Å². The van der Waals surface area contributed by atoms with Crippen LogP contribution in [0.15, 0.2) is 24.3 Å². The highest BCUT2D eigenvalue weighted by Gasteiger charge is 2.30. The van der Waals surface area contributed by atoms with Crippen LogP contribution >= 0.6 is 0 Å². The predicted octanol–water partition coefficient (Wildman–Crippen LogP) is 2.57. The molecule has 1 aliphatic rings. The summed E-state index contributed by atoms with van der Waals surface area (Å²) in [7, 11) is 0. The molecule has 1 heterocycles. The summed E-state index contributed by atoms with van der Waals surface area (Å²) >= 11 is 0. The van der Waals surface area contributed by atoms with Gasteiger partial charge < -0.3 is 11.1 Å². The molecule has 4 heteroatoms. The maximum Gasteiger partial charge on any atom is 0.241 e. The van der Waals surface area contributed by atoms with Crippen molar-refractivity contribution in [3.8, 4) is 0 Å². The van der Waals surface area contributed by atoms with Crippen molar-refractivity contribution in [2.45, 2.75) is 33.2 Å². The molecule has 0 radical (unpaired) electrons. The summed E-state index contributed by atoms with van der Waals surface area (Å²) in [5, 5.41) is 2.93. The van der Waals surface area contributed by atoms with E-state index < -0.39 is 0 Å². The van der Waals surface area contributed by atoms with E-state index in [1.165, 1.54) is 6.42 Å². The average Bonchev–Trinajstić information content (AvgIpc) is 2.90. The summed E-state index contributed by atoms with van der Waals surface area (Å²) < 4.78 is 0. The molecular formula is C16H25N3O. The molecule has 1 amide bonds. The quantitative estimate of drug-likeness (QED) is 0.830. The fourth-order valence-electron chi connectivity index (χ4n) is 2.73. The second-order valence-corrected chi connectivity index (χ2v) is 6.04. The summed E-state index contributed by atoms with van der Waals surface area (Å²) in [6.07, 6.45) is 1.18. The fourth-order valence-corrected chi connectivity index (χ4v) is 2.73. The van der Waals surface area contributed by atoms with Gasteiger partial charge in [0.15, 0.2) is 0 Å². The number of nitrogens with two attached hydrogens (primary N) is 1. The molecule has 0 bridgehead atoms. The van der Waals surface area contributed by atoms with Gasteiger partial charge in [0.1, 0.15) is 0 Å². The molecule has 2 unspecified atom stereocenters. The van der Waals surface area contributed by atoms with Crippen molar-refractivity contribution in [3.63, 3.8) is 0 Å². The first-order chi connectivity index (χ1) is 9.49. The maximum absolute atomic E-state index is 12.3. The van der Waals surface area contributed by atoms with Gasteiger partial charge in [0.2, 0.25) is 5.91 Å². The lowest BCUT2D eigenvalue weighted by atomic mass is 9.95. The number of rotatable bonds is 4. The number of likely N-dealkylation sites (tertiary alicyclic amines) is 1. The highest BCUT2D eigenvalue weighted by atomic mass is 16.2. The number of anilines is 2. The van der Waals surface area contributed by atoms with E-state index in [0.29, 0.717) is 23.2 Å².